The Hall–Kier alpha value is -1.81. The van der Waals surface area contributed by atoms with Crippen LogP contribution >= 0.6 is 0 Å². The zero-order valence-corrected chi connectivity index (χ0v) is 10.8. The van der Waals surface area contributed by atoms with Crippen molar-refractivity contribution in [2.45, 2.75) is 13.8 Å². The number of rotatable bonds is 5. The lowest BCUT2D eigenvalue weighted by molar-refractivity contribution is 0.110. The molecule has 18 heavy (non-hydrogen) atoms. The highest BCUT2D eigenvalue weighted by atomic mass is 16.5. The molecule has 2 N–H and O–H groups in total. The molecule has 0 aliphatic heterocycles. The molecule has 0 atom stereocenters. The van der Waals surface area contributed by atoms with Gasteiger partial charge in [0.05, 0.1) is 12.1 Å². The van der Waals surface area contributed by atoms with Gasteiger partial charge in [-0.1, -0.05) is 0 Å². The molecule has 4 heteroatoms. The van der Waals surface area contributed by atoms with Crippen LogP contribution in [0.15, 0.2) is 24.3 Å². The van der Waals surface area contributed by atoms with Gasteiger partial charge < -0.3 is 15.2 Å². The summed E-state index contributed by atoms with van der Waals surface area (Å²) in [6, 6.07) is 7.57. The number of pyridine rings is 1. The van der Waals surface area contributed by atoms with Crippen molar-refractivity contribution in [3.8, 4) is 5.75 Å². The summed E-state index contributed by atoms with van der Waals surface area (Å²) in [5, 5.41) is 0.942. The van der Waals surface area contributed by atoms with Crippen molar-refractivity contribution < 1.29 is 9.47 Å². The van der Waals surface area contributed by atoms with E-state index in [1.54, 1.807) is 0 Å². The lowest BCUT2D eigenvalue weighted by atomic mass is 10.1. The fraction of sp³-hybridized carbons (Fsp3) is 0.357. The number of anilines is 1. The Labute approximate surface area is 107 Å². The molecular weight excluding hydrogens is 228 g/mol. The van der Waals surface area contributed by atoms with Crippen molar-refractivity contribution in [1.82, 2.24) is 4.98 Å². The van der Waals surface area contributed by atoms with Gasteiger partial charge >= 0.3 is 0 Å². The fourth-order valence-corrected chi connectivity index (χ4v) is 1.81. The first-order chi connectivity index (χ1) is 8.70. The monoisotopic (exact) mass is 246 g/mol. The number of fused-ring (bicyclic) bond motifs is 1. The molecule has 96 valence electrons. The molecule has 0 spiro atoms. The maximum Gasteiger partial charge on any atom is 0.130 e. The number of hydrogen-bond donors (Lipinski definition) is 1. The lowest BCUT2D eigenvalue weighted by Crippen LogP contribution is -2.07. The molecule has 0 bridgehead atoms. The average molecular weight is 246 g/mol. The molecule has 2 rings (SSSR count). The van der Waals surface area contributed by atoms with Crippen LogP contribution in [-0.4, -0.2) is 24.8 Å². The minimum atomic E-state index is 0.529. The number of nitrogens with zero attached hydrogens (tertiary/aromatic N) is 1. The van der Waals surface area contributed by atoms with Crippen molar-refractivity contribution >= 4 is 16.6 Å². The smallest absolute Gasteiger partial charge is 0.130 e. The first kappa shape index (κ1) is 12.6. The van der Waals surface area contributed by atoms with E-state index in [-0.39, 0.29) is 0 Å². The number of nitrogens with two attached hydrogens (primary N) is 1. The standard InChI is InChI=1S/C14H18N2O2/c1-3-17-6-7-18-14-8-10(2)16-13-5-4-11(15)9-12(13)14/h4-5,8-9H,3,6-7,15H2,1-2H3. The van der Waals surface area contributed by atoms with Crippen LogP contribution in [0, 0.1) is 6.92 Å². The van der Waals surface area contributed by atoms with Gasteiger partial charge in [0, 0.05) is 29.4 Å². The van der Waals surface area contributed by atoms with Crippen molar-refractivity contribution in [2.75, 3.05) is 25.6 Å². The summed E-state index contributed by atoms with van der Waals surface area (Å²) < 4.78 is 11.0. The zero-order valence-electron chi connectivity index (χ0n) is 10.8. The van der Waals surface area contributed by atoms with Crippen LogP contribution in [0.3, 0.4) is 0 Å². The molecule has 0 aliphatic rings. The normalized spacial score (nSPS) is 10.8. The topological polar surface area (TPSA) is 57.4 Å². The van der Waals surface area contributed by atoms with Crippen LogP contribution in [0.4, 0.5) is 5.69 Å². The molecule has 0 fully saturated rings. The van der Waals surface area contributed by atoms with E-state index in [0.717, 1.165) is 22.3 Å². The summed E-state index contributed by atoms with van der Waals surface area (Å²) in [7, 11) is 0. The Morgan fingerprint density at radius 3 is 2.83 bits per heavy atom. The Morgan fingerprint density at radius 1 is 1.22 bits per heavy atom. The number of ether oxygens (including phenoxy) is 2. The van der Waals surface area contributed by atoms with E-state index in [1.807, 2.05) is 38.1 Å². The molecular formula is C14H18N2O2. The first-order valence-corrected chi connectivity index (χ1v) is 6.08. The maximum atomic E-state index is 5.80. The van der Waals surface area contributed by atoms with Gasteiger partial charge in [-0.3, -0.25) is 4.98 Å². The summed E-state index contributed by atoms with van der Waals surface area (Å²) in [5.41, 5.74) is 8.34. The van der Waals surface area contributed by atoms with E-state index in [9.17, 15) is 0 Å². The predicted molar refractivity (Wildman–Crippen MR) is 72.9 cm³/mol. The molecule has 2 aromatic rings. The number of hydrogen-bond acceptors (Lipinski definition) is 4. The lowest BCUT2D eigenvalue weighted by Gasteiger charge is -2.10. The number of benzene rings is 1. The van der Waals surface area contributed by atoms with Crippen LogP contribution in [0.1, 0.15) is 12.6 Å². The molecule has 0 aliphatic carbocycles. The number of aryl methyl sites for hydroxylation is 1. The summed E-state index contributed by atoms with van der Waals surface area (Å²) in [6.45, 7) is 5.73. The van der Waals surface area contributed by atoms with E-state index in [4.69, 9.17) is 15.2 Å². The summed E-state index contributed by atoms with van der Waals surface area (Å²) >= 11 is 0. The SMILES string of the molecule is CCOCCOc1cc(C)nc2ccc(N)cc12. The zero-order chi connectivity index (χ0) is 13.0. The summed E-state index contributed by atoms with van der Waals surface area (Å²) in [5.74, 6) is 0.810. The molecule has 0 unspecified atom stereocenters. The van der Waals surface area contributed by atoms with Crippen molar-refractivity contribution in [3.05, 3.63) is 30.0 Å². The number of nitrogen functional groups attached to an aromatic ring is 1. The van der Waals surface area contributed by atoms with Crippen LogP contribution in [0.5, 0.6) is 5.75 Å². The molecule has 0 radical (unpaired) electrons. The summed E-state index contributed by atoms with van der Waals surface area (Å²) in [6.07, 6.45) is 0. The van der Waals surface area contributed by atoms with Crippen LogP contribution in [-0.2, 0) is 4.74 Å². The minimum Gasteiger partial charge on any atom is -0.490 e. The van der Waals surface area contributed by atoms with Crippen LogP contribution in [0.2, 0.25) is 0 Å². The molecule has 1 aromatic heterocycles. The molecule has 0 saturated carbocycles. The quantitative estimate of drug-likeness (QED) is 0.650. The van der Waals surface area contributed by atoms with Gasteiger partial charge in [0.2, 0.25) is 0 Å². The van der Waals surface area contributed by atoms with Gasteiger partial charge in [0.1, 0.15) is 12.4 Å². The number of aromatic nitrogens is 1. The van der Waals surface area contributed by atoms with E-state index in [1.165, 1.54) is 0 Å². The van der Waals surface area contributed by atoms with Gasteiger partial charge in [0.25, 0.3) is 0 Å². The summed E-state index contributed by atoms with van der Waals surface area (Å²) in [4.78, 5) is 4.46. The maximum absolute atomic E-state index is 5.80. The second-order valence-electron chi connectivity index (χ2n) is 4.08. The van der Waals surface area contributed by atoms with E-state index >= 15 is 0 Å². The molecule has 1 aromatic carbocycles. The van der Waals surface area contributed by atoms with Crippen molar-refractivity contribution in [3.63, 3.8) is 0 Å². The molecule has 4 nitrogen and oxygen atoms in total. The van der Waals surface area contributed by atoms with Gasteiger partial charge in [-0.05, 0) is 32.0 Å². The van der Waals surface area contributed by atoms with Crippen LogP contribution in [0.25, 0.3) is 10.9 Å². The Bertz CT molecular complexity index is 541. The Balaban J connectivity index is 2.27. The Kier molecular flexibility index (Phi) is 3.99. The minimum absolute atomic E-state index is 0.529. The highest BCUT2D eigenvalue weighted by Crippen LogP contribution is 2.27. The third-order valence-corrected chi connectivity index (χ3v) is 2.61. The first-order valence-electron chi connectivity index (χ1n) is 6.08. The molecule has 0 amide bonds. The van der Waals surface area contributed by atoms with Gasteiger partial charge in [-0.2, -0.15) is 0 Å². The van der Waals surface area contributed by atoms with Crippen molar-refractivity contribution in [1.29, 1.82) is 0 Å². The molecule has 0 saturated heterocycles. The molecule has 1 heterocycles. The average Bonchev–Trinajstić information content (AvgIpc) is 2.35. The van der Waals surface area contributed by atoms with E-state index < -0.39 is 0 Å². The highest BCUT2D eigenvalue weighted by molar-refractivity contribution is 5.87. The largest absolute Gasteiger partial charge is 0.490 e. The second kappa shape index (κ2) is 5.69. The van der Waals surface area contributed by atoms with Gasteiger partial charge in [0.15, 0.2) is 0 Å². The second-order valence-corrected chi connectivity index (χ2v) is 4.08. The third-order valence-electron chi connectivity index (χ3n) is 2.61. The Morgan fingerprint density at radius 2 is 2.06 bits per heavy atom. The third kappa shape index (κ3) is 2.90. The van der Waals surface area contributed by atoms with E-state index in [2.05, 4.69) is 4.98 Å². The van der Waals surface area contributed by atoms with Gasteiger partial charge in [-0.25, -0.2) is 0 Å². The van der Waals surface area contributed by atoms with Gasteiger partial charge in [-0.15, -0.1) is 0 Å². The highest BCUT2D eigenvalue weighted by Gasteiger charge is 2.05. The van der Waals surface area contributed by atoms with Crippen LogP contribution < -0.4 is 10.5 Å². The van der Waals surface area contributed by atoms with Crippen molar-refractivity contribution in [2.24, 2.45) is 0 Å². The van der Waals surface area contributed by atoms with E-state index in [0.29, 0.717) is 25.5 Å². The predicted octanol–water partition coefficient (Wildman–Crippen LogP) is 2.54. The fourth-order valence-electron chi connectivity index (χ4n) is 1.81.